The molecule has 1 atom stereocenters. The summed E-state index contributed by atoms with van der Waals surface area (Å²) in [6, 6.07) is 16.1. The van der Waals surface area contributed by atoms with Gasteiger partial charge in [0.15, 0.2) is 0 Å². The molecule has 1 unspecified atom stereocenters. The van der Waals surface area contributed by atoms with E-state index in [1.807, 2.05) is 44.2 Å². The molecule has 0 bridgehead atoms. The number of benzene rings is 2. The molecule has 0 saturated heterocycles. The van der Waals surface area contributed by atoms with Crippen LogP contribution in [-0.2, 0) is 26.0 Å². The molecule has 2 aromatic rings. The predicted molar refractivity (Wildman–Crippen MR) is 144 cm³/mol. The molecule has 1 N–H and O–H groups in total. The summed E-state index contributed by atoms with van der Waals surface area (Å²) >= 11 is 0. The minimum absolute atomic E-state index is 0.119. The van der Waals surface area contributed by atoms with E-state index in [1.54, 1.807) is 29.2 Å². The van der Waals surface area contributed by atoms with Crippen LogP contribution in [0.1, 0.15) is 45.1 Å². The first-order valence-electron chi connectivity index (χ1n) is 12.4. The molecule has 0 radical (unpaired) electrons. The van der Waals surface area contributed by atoms with Gasteiger partial charge in [0.1, 0.15) is 11.8 Å². The Bertz CT molecular complexity index is 1080. The van der Waals surface area contributed by atoms with Gasteiger partial charge < -0.3 is 15.0 Å². The van der Waals surface area contributed by atoms with Crippen molar-refractivity contribution in [1.29, 1.82) is 0 Å². The van der Waals surface area contributed by atoms with Gasteiger partial charge >= 0.3 is 0 Å². The van der Waals surface area contributed by atoms with Gasteiger partial charge in [-0.15, -0.1) is 0 Å². The van der Waals surface area contributed by atoms with Gasteiger partial charge in [0.2, 0.25) is 21.8 Å². The number of amides is 2. The molecule has 0 saturated carbocycles. The highest BCUT2D eigenvalue weighted by Gasteiger charge is 2.28. The smallest absolute Gasteiger partial charge is 0.242 e. The second-order valence-electron chi connectivity index (χ2n) is 8.65. The standard InChI is InChI=1S/C27H39N3O5S/c1-5-19-28-27(32)23(6-2)29(21-18-22-13-8-7-9-14-22)26(31)17-12-20-30(36(4,33)34)24-15-10-11-16-25(24)35-3/h7-11,13-16,23H,5-6,12,17-21H2,1-4H3,(H,28,32). The molecule has 2 amide bonds. The van der Waals surface area contributed by atoms with Crippen LogP contribution in [0.2, 0.25) is 0 Å². The van der Waals surface area contributed by atoms with E-state index in [-0.39, 0.29) is 24.8 Å². The molecule has 0 aliphatic carbocycles. The minimum atomic E-state index is -3.60. The number of hydrogen-bond donors (Lipinski definition) is 1. The topological polar surface area (TPSA) is 96.0 Å². The van der Waals surface area contributed by atoms with Crippen LogP contribution in [0, 0.1) is 0 Å². The van der Waals surface area contributed by atoms with E-state index in [0.29, 0.717) is 43.8 Å². The number of nitrogens with one attached hydrogen (secondary N) is 1. The highest BCUT2D eigenvalue weighted by Crippen LogP contribution is 2.29. The van der Waals surface area contributed by atoms with E-state index in [9.17, 15) is 18.0 Å². The molecule has 36 heavy (non-hydrogen) atoms. The second-order valence-corrected chi connectivity index (χ2v) is 10.6. The highest BCUT2D eigenvalue weighted by atomic mass is 32.2. The first-order valence-corrected chi connectivity index (χ1v) is 14.3. The van der Waals surface area contributed by atoms with Gasteiger partial charge in [0, 0.05) is 26.1 Å². The van der Waals surface area contributed by atoms with Gasteiger partial charge in [0.25, 0.3) is 0 Å². The zero-order chi connectivity index (χ0) is 26.6. The Morgan fingerprint density at radius 1 is 1.00 bits per heavy atom. The van der Waals surface area contributed by atoms with Gasteiger partial charge in [0.05, 0.1) is 19.1 Å². The monoisotopic (exact) mass is 517 g/mol. The van der Waals surface area contributed by atoms with Crippen LogP contribution in [0.25, 0.3) is 0 Å². The summed E-state index contributed by atoms with van der Waals surface area (Å²) in [5.41, 5.74) is 1.51. The molecule has 2 rings (SSSR count). The fourth-order valence-electron chi connectivity index (χ4n) is 4.08. The average molecular weight is 518 g/mol. The van der Waals surface area contributed by atoms with Crippen molar-refractivity contribution in [1.82, 2.24) is 10.2 Å². The largest absolute Gasteiger partial charge is 0.495 e. The van der Waals surface area contributed by atoms with Crippen LogP contribution in [0.5, 0.6) is 5.75 Å². The molecular weight excluding hydrogens is 478 g/mol. The summed E-state index contributed by atoms with van der Waals surface area (Å²) in [7, 11) is -2.11. The molecule has 0 fully saturated rings. The van der Waals surface area contributed by atoms with E-state index in [2.05, 4.69) is 5.32 Å². The maximum absolute atomic E-state index is 13.4. The number of anilines is 1. The van der Waals surface area contributed by atoms with Crippen LogP contribution in [-0.4, -0.2) is 64.2 Å². The molecule has 0 heterocycles. The maximum Gasteiger partial charge on any atom is 0.242 e. The van der Waals surface area contributed by atoms with Crippen molar-refractivity contribution in [3.05, 3.63) is 60.2 Å². The zero-order valence-electron chi connectivity index (χ0n) is 21.8. The first kappa shape index (κ1) is 29.2. The Kier molecular flexibility index (Phi) is 11.7. The summed E-state index contributed by atoms with van der Waals surface area (Å²) in [5, 5.41) is 2.91. The number of rotatable bonds is 15. The molecule has 0 aliphatic heterocycles. The summed E-state index contributed by atoms with van der Waals surface area (Å²) < 4.78 is 31.7. The van der Waals surface area contributed by atoms with Crippen LogP contribution in [0.15, 0.2) is 54.6 Å². The number of carbonyl (C=O) groups is 2. The SMILES string of the molecule is CCCNC(=O)C(CC)N(CCc1ccccc1)C(=O)CCCN(c1ccccc1OC)S(C)(=O)=O. The third kappa shape index (κ3) is 8.55. The molecule has 9 heteroatoms. The van der Waals surface area contributed by atoms with Crippen molar-refractivity contribution in [2.75, 3.05) is 37.3 Å². The van der Waals surface area contributed by atoms with Gasteiger partial charge in [-0.2, -0.15) is 0 Å². The Morgan fingerprint density at radius 2 is 1.67 bits per heavy atom. The number of carbonyl (C=O) groups excluding carboxylic acids is 2. The Balaban J connectivity index is 2.17. The van der Waals surface area contributed by atoms with Crippen molar-refractivity contribution in [2.24, 2.45) is 0 Å². The van der Waals surface area contributed by atoms with Gasteiger partial charge in [-0.1, -0.05) is 56.3 Å². The number of para-hydroxylation sites is 2. The van der Waals surface area contributed by atoms with Crippen LogP contribution < -0.4 is 14.4 Å². The number of nitrogens with zero attached hydrogens (tertiary/aromatic N) is 2. The molecule has 2 aromatic carbocycles. The summed E-state index contributed by atoms with van der Waals surface area (Å²) in [4.78, 5) is 27.9. The van der Waals surface area contributed by atoms with Crippen molar-refractivity contribution in [2.45, 2.75) is 52.0 Å². The molecule has 8 nitrogen and oxygen atoms in total. The second kappa shape index (κ2) is 14.5. The maximum atomic E-state index is 13.4. The van der Waals surface area contributed by atoms with Gasteiger partial charge in [-0.3, -0.25) is 13.9 Å². The summed E-state index contributed by atoms with van der Waals surface area (Å²) in [6.07, 6.45) is 3.49. The van der Waals surface area contributed by atoms with Gasteiger partial charge in [-0.05, 0) is 43.4 Å². The third-order valence-corrected chi connectivity index (χ3v) is 7.11. The molecule has 0 aromatic heterocycles. The van der Waals surface area contributed by atoms with E-state index >= 15 is 0 Å². The fraction of sp³-hybridized carbons (Fsp3) is 0.481. The van der Waals surface area contributed by atoms with E-state index < -0.39 is 16.1 Å². The Labute approximate surface area is 215 Å². The number of methoxy groups -OCH3 is 1. The zero-order valence-corrected chi connectivity index (χ0v) is 22.6. The highest BCUT2D eigenvalue weighted by molar-refractivity contribution is 7.92. The van der Waals surface area contributed by atoms with Crippen molar-refractivity contribution in [3.8, 4) is 5.75 Å². The van der Waals surface area contributed by atoms with Crippen molar-refractivity contribution >= 4 is 27.5 Å². The fourth-order valence-corrected chi connectivity index (χ4v) is 5.05. The number of ether oxygens (including phenoxy) is 1. The van der Waals surface area contributed by atoms with Crippen molar-refractivity contribution in [3.63, 3.8) is 0 Å². The normalized spacial score (nSPS) is 12.0. The summed E-state index contributed by atoms with van der Waals surface area (Å²) in [5.74, 6) is 0.114. The number of sulfonamides is 1. The van der Waals surface area contributed by atoms with E-state index in [1.165, 1.54) is 11.4 Å². The molecule has 0 aliphatic rings. The predicted octanol–water partition coefficient (Wildman–Crippen LogP) is 3.62. The number of hydrogen-bond acceptors (Lipinski definition) is 5. The lowest BCUT2D eigenvalue weighted by molar-refractivity contribution is -0.140. The van der Waals surface area contributed by atoms with Crippen LogP contribution >= 0.6 is 0 Å². The van der Waals surface area contributed by atoms with Crippen molar-refractivity contribution < 1.29 is 22.7 Å². The Morgan fingerprint density at radius 3 is 2.28 bits per heavy atom. The van der Waals surface area contributed by atoms with E-state index in [0.717, 1.165) is 18.2 Å². The Hall–Kier alpha value is -3.07. The molecular formula is C27H39N3O5S. The molecule has 198 valence electrons. The lowest BCUT2D eigenvalue weighted by Gasteiger charge is -2.31. The molecule has 0 spiro atoms. The average Bonchev–Trinajstić information content (AvgIpc) is 2.87. The van der Waals surface area contributed by atoms with Gasteiger partial charge in [-0.25, -0.2) is 8.42 Å². The third-order valence-electron chi connectivity index (χ3n) is 5.93. The lowest BCUT2D eigenvalue weighted by atomic mass is 10.1. The van der Waals surface area contributed by atoms with Crippen LogP contribution in [0.4, 0.5) is 5.69 Å². The lowest BCUT2D eigenvalue weighted by Crippen LogP contribution is -2.50. The minimum Gasteiger partial charge on any atom is -0.495 e. The first-order chi connectivity index (χ1) is 17.2. The van der Waals surface area contributed by atoms with E-state index in [4.69, 9.17) is 4.74 Å². The van der Waals surface area contributed by atoms with Crippen LogP contribution in [0.3, 0.4) is 0 Å². The summed E-state index contributed by atoms with van der Waals surface area (Å²) in [6.45, 7) is 4.96. The quantitative estimate of drug-likeness (QED) is 0.389.